The zero-order valence-corrected chi connectivity index (χ0v) is 19.2. The number of amides is 1. The van der Waals surface area contributed by atoms with E-state index < -0.39 is 17.7 Å². The van der Waals surface area contributed by atoms with Crippen LogP contribution in [0, 0.1) is 6.92 Å². The molecule has 1 aliphatic heterocycles. The Labute approximate surface area is 196 Å². The molecule has 6 nitrogen and oxygen atoms in total. The van der Waals surface area contributed by atoms with Crippen LogP contribution in [0.15, 0.2) is 77.0 Å². The van der Waals surface area contributed by atoms with Gasteiger partial charge in [-0.2, -0.15) is 0 Å². The zero-order valence-electron chi connectivity index (χ0n) is 16.8. The summed E-state index contributed by atoms with van der Waals surface area (Å²) in [6.45, 7) is 1.99. The summed E-state index contributed by atoms with van der Waals surface area (Å²) in [5.41, 5.74) is 2.97. The summed E-state index contributed by atoms with van der Waals surface area (Å²) in [6, 6.07) is 15.6. The summed E-state index contributed by atoms with van der Waals surface area (Å²) in [7, 11) is 0. The van der Waals surface area contributed by atoms with Gasteiger partial charge in [0.25, 0.3) is 5.78 Å². The van der Waals surface area contributed by atoms with Gasteiger partial charge in [-0.3, -0.25) is 19.5 Å². The normalized spacial score (nSPS) is 17.9. The van der Waals surface area contributed by atoms with E-state index in [1.165, 1.54) is 28.6 Å². The number of rotatable bonds is 3. The molecule has 5 rings (SSSR count). The number of thiazole rings is 1. The van der Waals surface area contributed by atoms with E-state index in [9.17, 15) is 14.7 Å². The van der Waals surface area contributed by atoms with Crippen molar-refractivity contribution in [3.05, 3.63) is 93.7 Å². The Hall–Kier alpha value is -3.36. The molecule has 0 radical (unpaired) electrons. The average molecular weight is 506 g/mol. The van der Waals surface area contributed by atoms with Crippen LogP contribution < -0.4 is 4.90 Å². The molecule has 0 bridgehead atoms. The minimum atomic E-state index is -0.807. The Morgan fingerprint density at radius 1 is 1.06 bits per heavy atom. The fourth-order valence-corrected chi connectivity index (χ4v) is 5.13. The highest BCUT2D eigenvalue weighted by Crippen LogP contribution is 2.44. The number of aliphatic hydroxyl groups excluding tert-OH is 1. The first-order valence-corrected chi connectivity index (χ1v) is 11.4. The van der Waals surface area contributed by atoms with Gasteiger partial charge in [-0.1, -0.05) is 45.5 Å². The maximum atomic E-state index is 13.2. The summed E-state index contributed by atoms with van der Waals surface area (Å²) in [5.74, 6) is -1.70. The maximum absolute atomic E-state index is 13.2. The number of hydrogen-bond acceptors (Lipinski definition) is 6. The standard InChI is InChI=1S/C24H16BrN3O3S/c1-13-2-7-17-18(12-13)32-24(27-17)28-20(14-3-5-16(25)6-4-14)19(22(30)23(28)31)21(29)15-8-10-26-11-9-15/h2-12,20,29H,1H3/b21-19+. The number of fused-ring (bicyclic) bond motifs is 1. The fraction of sp³-hybridized carbons (Fsp3) is 0.0833. The van der Waals surface area contributed by atoms with E-state index in [1.807, 2.05) is 49.4 Å². The van der Waals surface area contributed by atoms with Gasteiger partial charge in [0.15, 0.2) is 5.13 Å². The molecule has 0 spiro atoms. The lowest BCUT2D eigenvalue weighted by Gasteiger charge is -2.23. The summed E-state index contributed by atoms with van der Waals surface area (Å²) in [5, 5.41) is 11.5. The number of pyridine rings is 1. The predicted molar refractivity (Wildman–Crippen MR) is 128 cm³/mol. The van der Waals surface area contributed by atoms with Gasteiger partial charge in [0.1, 0.15) is 5.76 Å². The number of anilines is 1. The summed E-state index contributed by atoms with van der Waals surface area (Å²) in [4.78, 5) is 36.4. The number of ketones is 1. The number of aliphatic hydroxyl groups is 1. The molecule has 2 aromatic carbocycles. The Balaban J connectivity index is 1.73. The largest absolute Gasteiger partial charge is 0.507 e. The minimum absolute atomic E-state index is 0.0268. The molecule has 3 heterocycles. The summed E-state index contributed by atoms with van der Waals surface area (Å²) < 4.78 is 1.79. The van der Waals surface area contributed by atoms with E-state index in [1.54, 1.807) is 12.1 Å². The average Bonchev–Trinajstić information content (AvgIpc) is 3.32. The van der Waals surface area contributed by atoms with Crippen molar-refractivity contribution in [1.82, 2.24) is 9.97 Å². The molecule has 2 aromatic heterocycles. The predicted octanol–water partition coefficient (Wildman–Crippen LogP) is 5.39. The summed E-state index contributed by atoms with van der Waals surface area (Å²) in [6.07, 6.45) is 3.05. The van der Waals surface area contributed by atoms with Crippen LogP contribution in [0.3, 0.4) is 0 Å². The van der Waals surface area contributed by atoms with Gasteiger partial charge in [0.05, 0.1) is 21.8 Å². The van der Waals surface area contributed by atoms with E-state index >= 15 is 0 Å². The highest BCUT2D eigenvalue weighted by atomic mass is 79.9. The Bertz CT molecular complexity index is 1400. The van der Waals surface area contributed by atoms with Crippen LogP contribution in [0.1, 0.15) is 22.7 Å². The number of carbonyl (C=O) groups is 2. The fourth-order valence-electron chi connectivity index (χ4n) is 3.78. The molecule has 1 N–H and O–H groups in total. The van der Waals surface area contributed by atoms with Crippen molar-refractivity contribution in [3.63, 3.8) is 0 Å². The van der Waals surface area contributed by atoms with Crippen LogP contribution in [0.4, 0.5) is 5.13 Å². The molecule has 32 heavy (non-hydrogen) atoms. The van der Waals surface area contributed by atoms with Crippen LogP contribution in [0.5, 0.6) is 0 Å². The molecule has 1 fully saturated rings. The van der Waals surface area contributed by atoms with Gasteiger partial charge in [0, 0.05) is 22.4 Å². The molecule has 1 saturated heterocycles. The molecule has 1 atom stereocenters. The Morgan fingerprint density at radius 3 is 2.50 bits per heavy atom. The number of aryl methyl sites for hydroxylation is 1. The van der Waals surface area contributed by atoms with Crippen molar-refractivity contribution in [3.8, 4) is 0 Å². The molecule has 1 aliphatic rings. The van der Waals surface area contributed by atoms with Crippen LogP contribution in [0.25, 0.3) is 16.0 Å². The number of Topliss-reactive ketones (excluding diaryl/α,β-unsaturated/α-hetero) is 1. The van der Waals surface area contributed by atoms with Crippen molar-refractivity contribution in [2.75, 3.05) is 4.90 Å². The number of nitrogens with zero attached hydrogens (tertiary/aromatic N) is 3. The van der Waals surface area contributed by atoms with Gasteiger partial charge in [-0.25, -0.2) is 4.98 Å². The monoisotopic (exact) mass is 505 g/mol. The number of halogens is 1. The molecule has 158 valence electrons. The van der Waals surface area contributed by atoms with Crippen LogP contribution in [-0.2, 0) is 9.59 Å². The molecule has 1 amide bonds. The van der Waals surface area contributed by atoms with E-state index in [-0.39, 0.29) is 11.3 Å². The highest BCUT2D eigenvalue weighted by molar-refractivity contribution is 9.10. The van der Waals surface area contributed by atoms with Crippen molar-refractivity contribution in [2.24, 2.45) is 0 Å². The third-order valence-electron chi connectivity index (χ3n) is 5.32. The first-order chi connectivity index (χ1) is 15.4. The van der Waals surface area contributed by atoms with Crippen molar-refractivity contribution in [1.29, 1.82) is 0 Å². The van der Waals surface area contributed by atoms with E-state index in [2.05, 4.69) is 25.9 Å². The Morgan fingerprint density at radius 2 is 1.78 bits per heavy atom. The second-order valence-corrected chi connectivity index (χ2v) is 9.35. The van der Waals surface area contributed by atoms with Crippen LogP contribution in [-0.4, -0.2) is 26.8 Å². The van der Waals surface area contributed by atoms with Crippen LogP contribution >= 0.6 is 27.3 Å². The lowest BCUT2D eigenvalue weighted by atomic mass is 9.96. The smallest absolute Gasteiger partial charge is 0.301 e. The zero-order chi connectivity index (χ0) is 22.4. The van der Waals surface area contributed by atoms with Crippen molar-refractivity contribution < 1.29 is 14.7 Å². The Kier molecular flexibility index (Phi) is 5.11. The van der Waals surface area contributed by atoms with Crippen LogP contribution in [0.2, 0.25) is 0 Å². The number of benzene rings is 2. The first-order valence-electron chi connectivity index (χ1n) is 9.78. The summed E-state index contributed by atoms with van der Waals surface area (Å²) >= 11 is 4.77. The number of hydrogen-bond donors (Lipinski definition) is 1. The van der Waals surface area contributed by atoms with E-state index in [0.717, 1.165) is 20.3 Å². The van der Waals surface area contributed by atoms with Gasteiger partial charge < -0.3 is 5.11 Å². The van der Waals surface area contributed by atoms with Crippen molar-refractivity contribution >= 4 is 60.1 Å². The highest BCUT2D eigenvalue weighted by Gasteiger charge is 2.48. The van der Waals surface area contributed by atoms with Gasteiger partial charge >= 0.3 is 5.91 Å². The molecule has 0 saturated carbocycles. The second-order valence-electron chi connectivity index (χ2n) is 7.42. The third kappa shape index (κ3) is 3.41. The number of carbonyl (C=O) groups excluding carboxylic acids is 2. The minimum Gasteiger partial charge on any atom is -0.507 e. The molecule has 4 aromatic rings. The quantitative estimate of drug-likeness (QED) is 0.229. The van der Waals surface area contributed by atoms with Gasteiger partial charge in [-0.05, 0) is 54.4 Å². The lowest BCUT2D eigenvalue weighted by Crippen LogP contribution is -2.29. The number of aromatic nitrogens is 2. The SMILES string of the molecule is Cc1ccc2nc(N3C(=O)C(=O)/C(=C(/O)c4ccncc4)C3c3ccc(Br)cc3)sc2c1. The van der Waals surface area contributed by atoms with Gasteiger partial charge in [0.2, 0.25) is 0 Å². The molecule has 0 aliphatic carbocycles. The van der Waals surface area contributed by atoms with E-state index in [0.29, 0.717) is 16.3 Å². The molecular formula is C24H16BrN3O3S. The second kappa shape index (κ2) is 7.96. The van der Waals surface area contributed by atoms with Crippen molar-refractivity contribution in [2.45, 2.75) is 13.0 Å². The first kappa shape index (κ1) is 20.5. The molecular weight excluding hydrogens is 490 g/mol. The van der Waals surface area contributed by atoms with E-state index in [4.69, 9.17) is 0 Å². The topological polar surface area (TPSA) is 83.4 Å². The molecule has 8 heteroatoms. The lowest BCUT2D eigenvalue weighted by molar-refractivity contribution is -0.132. The maximum Gasteiger partial charge on any atom is 0.301 e. The van der Waals surface area contributed by atoms with Gasteiger partial charge in [-0.15, -0.1) is 0 Å². The third-order valence-corrected chi connectivity index (χ3v) is 6.87. The molecule has 1 unspecified atom stereocenters.